The monoisotopic (exact) mass is 369 g/mol. The number of alkyl halides is 3. The van der Waals surface area contributed by atoms with Crippen molar-refractivity contribution in [3.05, 3.63) is 46.7 Å². The summed E-state index contributed by atoms with van der Waals surface area (Å²) >= 11 is 0. The van der Waals surface area contributed by atoms with Crippen molar-refractivity contribution in [2.75, 3.05) is 14.2 Å². The first-order chi connectivity index (χ1) is 12.1. The van der Waals surface area contributed by atoms with Crippen molar-refractivity contribution >= 4 is 17.7 Å². The maximum atomic E-state index is 13.5. The van der Waals surface area contributed by atoms with Crippen LogP contribution >= 0.6 is 0 Å². The van der Waals surface area contributed by atoms with Gasteiger partial charge in [-0.05, 0) is 25.5 Å². The Morgan fingerprint density at radius 3 is 2.23 bits per heavy atom. The summed E-state index contributed by atoms with van der Waals surface area (Å²) in [5.74, 6) is -4.00. The van der Waals surface area contributed by atoms with Gasteiger partial charge in [-0.25, -0.2) is 4.79 Å². The highest BCUT2D eigenvalue weighted by molar-refractivity contribution is 6.07. The molecule has 0 spiro atoms. The smallest absolute Gasteiger partial charge is 0.416 e. The number of hydrogen-bond acceptors (Lipinski definition) is 5. The standard InChI is InChI=1S/C18H18F3NO4/c1-9-13(16(23)25-3)15(14(10(2)22-9)17(24)26-4)11-7-5-6-8-12(11)18(19,20)21/h5-8,13,15H,1-4H3. The van der Waals surface area contributed by atoms with Crippen LogP contribution in [0.15, 0.2) is 40.5 Å². The van der Waals surface area contributed by atoms with Crippen LogP contribution in [0, 0.1) is 5.92 Å². The molecule has 1 aromatic rings. The largest absolute Gasteiger partial charge is 0.468 e. The minimum absolute atomic E-state index is 0.0924. The Morgan fingerprint density at radius 2 is 1.69 bits per heavy atom. The van der Waals surface area contributed by atoms with Gasteiger partial charge in [-0.3, -0.25) is 9.79 Å². The third kappa shape index (κ3) is 3.49. The fourth-order valence-corrected chi connectivity index (χ4v) is 3.21. The zero-order valence-electron chi connectivity index (χ0n) is 14.7. The summed E-state index contributed by atoms with van der Waals surface area (Å²) in [6.45, 7) is 3.01. The number of methoxy groups -OCH3 is 2. The van der Waals surface area contributed by atoms with Gasteiger partial charge in [-0.2, -0.15) is 13.2 Å². The number of hydrogen-bond donors (Lipinski definition) is 0. The molecule has 1 heterocycles. The molecule has 0 radical (unpaired) electrons. The Bertz CT molecular complexity index is 796. The third-order valence-electron chi connectivity index (χ3n) is 4.29. The van der Waals surface area contributed by atoms with Gasteiger partial charge in [0, 0.05) is 17.3 Å². The second kappa shape index (κ2) is 7.31. The van der Waals surface area contributed by atoms with E-state index in [-0.39, 0.29) is 22.5 Å². The van der Waals surface area contributed by atoms with Crippen molar-refractivity contribution in [2.45, 2.75) is 25.9 Å². The molecule has 1 aliphatic heterocycles. The van der Waals surface area contributed by atoms with Crippen molar-refractivity contribution in [3.8, 4) is 0 Å². The molecule has 0 saturated heterocycles. The minimum atomic E-state index is -4.66. The molecule has 26 heavy (non-hydrogen) atoms. The summed E-state index contributed by atoms with van der Waals surface area (Å²) in [6, 6.07) is 4.83. The minimum Gasteiger partial charge on any atom is -0.468 e. The van der Waals surface area contributed by atoms with Gasteiger partial charge >= 0.3 is 18.1 Å². The lowest BCUT2D eigenvalue weighted by atomic mass is 9.74. The first kappa shape index (κ1) is 19.7. The van der Waals surface area contributed by atoms with E-state index < -0.39 is 35.5 Å². The molecule has 1 aliphatic rings. The predicted octanol–water partition coefficient (Wildman–Crippen LogP) is 3.50. The number of nitrogens with zero attached hydrogens (tertiary/aromatic N) is 1. The van der Waals surface area contributed by atoms with Gasteiger partial charge in [0.2, 0.25) is 0 Å². The van der Waals surface area contributed by atoms with E-state index >= 15 is 0 Å². The highest BCUT2D eigenvalue weighted by Crippen LogP contribution is 2.44. The molecule has 8 heteroatoms. The maximum absolute atomic E-state index is 13.5. The van der Waals surface area contributed by atoms with E-state index in [0.29, 0.717) is 0 Å². The number of allylic oxidation sites excluding steroid dienone is 1. The Labute approximate surface area is 148 Å². The fourth-order valence-electron chi connectivity index (χ4n) is 3.21. The van der Waals surface area contributed by atoms with Gasteiger partial charge in [0.15, 0.2) is 0 Å². The van der Waals surface area contributed by atoms with E-state index in [1.807, 2.05) is 0 Å². The molecular weight excluding hydrogens is 351 g/mol. The molecular formula is C18H18F3NO4. The highest BCUT2D eigenvalue weighted by Gasteiger charge is 2.45. The SMILES string of the molecule is COC(=O)C1=C(C)N=C(C)C(C(=O)OC)C1c1ccccc1C(F)(F)F. The zero-order chi connectivity index (χ0) is 19.6. The van der Waals surface area contributed by atoms with Gasteiger partial charge in [0.05, 0.1) is 25.4 Å². The molecule has 140 valence electrons. The van der Waals surface area contributed by atoms with E-state index in [4.69, 9.17) is 9.47 Å². The number of esters is 2. The fraction of sp³-hybridized carbons (Fsp3) is 0.389. The molecule has 0 amide bonds. The van der Waals surface area contributed by atoms with Crippen LogP contribution in [-0.4, -0.2) is 31.9 Å². The van der Waals surface area contributed by atoms with Crippen LogP contribution in [0.5, 0.6) is 0 Å². The van der Waals surface area contributed by atoms with E-state index in [1.54, 1.807) is 0 Å². The van der Waals surface area contributed by atoms with Crippen molar-refractivity contribution < 1.29 is 32.2 Å². The van der Waals surface area contributed by atoms with Crippen molar-refractivity contribution in [2.24, 2.45) is 10.9 Å². The average molecular weight is 369 g/mol. The van der Waals surface area contributed by atoms with Crippen LogP contribution in [0.2, 0.25) is 0 Å². The summed E-state index contributed by atoms with van der Waals surface area (Å²) in [5.41, 5.74) is -0.752. The lowest BCUT2D eigenvalue weighted by molar-refractivity contribution is -0.145. The second-order valence-electron chi connectivity index (χ2n) is 5.81. The summed E-state index contributed by atoms with van der Waals surface area (Å²) in [4.78, 5) is 28.8. The van der Waals surface area contributed by atoms with E-state index in [2.05, 4.69) is 4.99 Å². The second-order valence-corrected chi connectivity index (χ2v) is 5.81. The summed E-state index contributed by atoms with van der Waals surface area (Å²) in [6.07, 6.45) is -4.66. The first-order valence-corrected chi connectivity index (χ1v) is 7.71. The molecule has 0 N–H and O–H groups in total. The number of ether oxygens (including phenoxy) is 2. The number of halogens is 3. The molecule has 0 saturated carbocycles. The van der Waals surface area contributed by atoms with E-state index in [1.165, 1.54) is 32.0 Å². The van der Waals surface area contributed by atoms with Crippen molar-refractivity contribution in [1.82, 2.24) is 0 Å². The van der Waals surface area contributed by atoms with E-state index in [9.17, 15) is 22.8 Å². The number of rotatable bonds is 3. The molecule has 0 aromatic heterocycles. The number of benzene rings is 1. The molecule has 5 nitrogen and oxygen atoms in total. The molecule has 0 fully saturated rings. The quantitative estimate of drug-likeness (QED) is 0.765. The first-order valence-electron chi connectivity index (χ1n) is 7.71. The predicted molar refractivity (Wildman–Crippen MR) is 87.5 cm³/mol. The molecule has 1 aromatic carbocycles. The molecule has 2 atom stereocenters. The Balaban J connectivity index is 2.80. The topological polar surface area (TPSA) is 65.0 Å². The molecule has 2 rings (SSSR count). The number of carbonyl (C=O) groups is 2. The van der Waals surface area contributed by atoms with Gasteiger partial charge in [-0.15, -0.1) is 0 Å². The summed E-state index contributed by atoms with van der Waals surface area (Å²) in [7, 11) is 2.25. The molecule has 0 aliphatic carbocycles. The van der Waals surface area contributed by atoms with Gasteiger partial charge in [-0.1, -0.05) is 18.2 Å². The summed E-state index contributed by atoms with van der Waals surface area (Å²) in [5, 5.41) is 0. The van der Waals surface area contributed by atoms with E-state index in [0.717, 1.165) is 20.3 Å². The van der Waals surface area contributed by atoms with Gasteiger partial charge in [0.25, 0.3) is 0 Å². The third-order valence-corrected chi connectivity index (χ3v) is 4.29. The normalized spacial score (nSPS) is 20.5. The Hall–Kier alpha value is -2.64. The van der Waals surface area contributed by atoms with Crippen molar-refractivity contribution in [3.63, 3.8) is 0 Å². The van der Waals surface area contributed by atoms with Crippen LogP contribution < -0.4 is 0 Å². The van der Waals surface area contributed by atoms with Crippen LogP contribution in [0.4, 0.5) is 13.2 Å². The maximum Gasteiger partial charge on any atom is 0.416 e. The van der Waals surface area contributed by atoms with Crippen LogP contribution in [0.1, 0.15) is 30.9 Å². The van der Waals surface area contributed by atoms with Gasteiger partial charge < -0.3 is 9.47 Å². The van der Waals surface area contributed by atoms with Crippen LogP contribution in [0.3, 0.4) is 0 Å². The average Bonchev–Trinajstić information content (AvgIpc) is 2.59. The number of carbonyl (C=O) groups excluding carboxylic acids is 2. The Kier molecular flexibility index (Phi) is 5.53. The zero-order valence-corrected chi connectivity index (χ0v) is 14.7. The lowest BCUT2D eigenvalue weighted by Gasteiger charge is -2.32. The Morgan fingerprint density at radius 1 is 1.08 bits per heavy atom. The van der Waals surface area contributed by atoms with Crippen LogP contribution in [-0.2, 0) is 25.2 Å². The highest BCUT2D eigenvalue weighted by atomic mass is 19.4. The molecule has 2 unspecified atom stereocenters. The summed E-state index contributed by atoms with van der Waals surface area (Å²) < 4.78 is 50.1. The van der Waals surface area contributed by atoms with Gasteiger partial charge in [0.1, 0.15) is 5.92 Å². The molecule has 0 bridgehead atoms. The van der Waals surface area contributed by atoms with Crippen LogP contribution in [0.25, 0.3) is 0 Å². The lowest BCUT2D eigenvalue weighted by Crippen LogP contribution is -2.37. The van der Waals surface area contributed by atoms with Crippen molar-refractivity contribution in [1.29, 1.82) is 0 Å². The number of aliphatic imine (C=N–C) groups is 1.